The fourth-order valence-corrected chi connectivity index (χ4v) is 3.16. The number of rotatable bonds is 4. The normalized spacial score (nSPS) is 17.2. The summed E-state index contributed by atoms with van der Waals surface area (Å²) in [6, 6.07) is 6.12. The van der Waals surface area contributed by atoms with Crippen molar-refractivity contribution in [3.8, 4) is 6.07 Å². The van der Waals surface area contributed by atoms with E-state index in [0.29, 0.717) is 22.8 Å². The molecular formula is C12H13FN2OS. The van der Waals surface area contributed by atoms with Gasteiger partial charge in [0.05, 0.1) is 17.4 Å². The monoisotopic (exact) mass is 252 g/mol. The van der Waals surface area contributed by atoms with E-state index in [1.807, 2.05) is 6.07 Å². The summed E-state index contributed by atoms with van der Waals surface area (Å²) in [5, 5.41) is 11.8. The molecule has 17 heavy (non-hydrogen) atoms. The van der Waals surface area contributed by atoms with E-state index < -0.39 is 10.8 Å². The number of benzene rings is 1. The van der Waals surface area contributed by atoms with E-state index in [9.17, 15) is 8.60 Å². The number of hydrogen-bond donors (Lipinski definition) is 1. The van der Waals surface area contributed by atoms with Crippen molar-refractivity contribution in [2.24, 2.45) is 5.92 Å². The standard InChI is InChI=1S/C12H13FN2OS/c13-12-2-1-9(4-14)3-11(12)8-17(16)7-10-5-15-6-10/h1-3,10,15H,5-8H2. The fraction of sp³-hybridized carbons (Fsp3) is 0.417. The Labute approximate surface area is 102 Å². The molecule has 0 aromatic heterocycles. The van der Waals surface area contributed by atoms with E-state index in [-0.39, 0.29) is 11.6 Å². The van der Waals surface area contributed by atoms with Crippen LogP contribution in [0.4, 0.5) is 4.39 Å². The molecule has 0 spiro atoms. The first kappa shape index (κ1) is 12.2. The predicted octanol–water partition coefficient (Wildman–Crippen LogP) is 1.17. The molecule has 1 aliphatic heterocycles. The highest BCUT2D eigenvalue weighted by molar-refractivity contribution is 7.84. The smallest absolute Gasteiger partial charge is 0.127 e. The van der Waals surface area contributed by atoms with Crippen molar-refractivity contribution in [1.29, 1.82) is 5.26 Å². The van der Waals surface area contributed by atoms with Crippen LogP contribution in [-0.2, 0) is 16.6 Å². The Morgan fingerprint density at radius 2 is 2.29 bits per heavy atom. The number of nitriles is 1. The molecule has 1 aromatic carbocycles. The van der Waals surface area contributed by atoms with Crippen molar-refractivity contribution in [2.75, 3.05) is 18.8 Å². The quantitative estimate of drug-likeness (QED) is 0.875. The molecule has 1 aliphatic rings. The van der Waals surface area contributed by atoms with E-state index in [2.05, 4.69) is 5.32 Å². The van der Waals surface area contributed by atoms with Gasteiger partial charge >= 0.3 is 0 Å². The van der Waals surface area contributed by atoms with Crippen LogP contribution in [0.25, 0.3) is 0 Å². The van der Waals surface area contributed by atoms with Gasteiger partial charge in [0.25, 0.3) is 0 Å². The third-order valence-corrected chi connectivity index (χ3v) is 4.26. The number of hydrogen-bond acceptors (Lipinski definition) is 3. The molecule has 0 bridgehead atoms. The lowest BCUT2D eigenvalue weighted by Crippen LogP contribution is -2.44. The first-order chi connectivity index (χ1) is 8.19. The van der Waals surface area contributed by atoms with Crippen molar-refractivity contribution < 1.29 is 8.60 Å². The minimum absolute atomic E-state index is 0.192. The molecule has 1 aromatic rings. The van der Waals surface area contributed by atoms with Gasteiger partial charge in [-0.2, -0.15) is 5.26 Å². The average Bonchev–Trinajstić information content (AvgIpc) is 2.27. The van der Waals surface area contributed by atoms with Crippen LogP contribution in [0.15, 0.2) is 18.2 Å². The molecule has 1 saturated heterocycles. The summed E-state index contributed by atoms with van der Waals surface area (Å²) in [4.78, 5) is 0. The van der Waals surface area contributed by atoms with Crippen LogP contribution in [0.1, 0.15) is 11.1 Å². The molecule has 1 fully saturated rings. The maximum atomic E-state index is 13.4. The van der Waals surface area contributed by atoms with Gasteiger partial charge in [-0.25, -0.2) is 4.39 Å². The van der Waals surface area contributed by atoms with Gasteiger partial charge in [-0.15, -0.1) is 0 Å². The molecule has 0 amide bonds. The molecule has 90 valence electrons. The summed E-state index contributed by atoms with van der Waals surface area (Å²) in [5.41, 5.74) is 0.776. The summed E-state index contributed by atoms with van der Waals surface area (Å²) < 4.78 is 25.2. The molecule has 5 heteroatoms. The van der Waals surface area contributed by atoms with Gasteiger partial charge in [0.1, 0.15) is 5.82 Å². The third kappa shape index (κ3) is 3.11. The molecule has 1 unspecified atom stereocenters. The second kappa shape index (κ2) is 5.39. The highest BCUT2D eigenvalue weighted by Gasteiger charge is 2.20. The van der Waals surface area contributed by atoms with Gasteiger partial charge in [-0.05, 0) is 24.1 Å². The first-order valence-electron chi connectivity index (χ1n) is 5.43. The lowest BCUT2D eigenvalue weighted by atomic mass is 10.1. The molecular weight excluding hydrogens is 239 g/mol. The van der Waals surface area contributed by atoms with Crippen LogP contribution in [0.5, 0.6) is 0 Å². The zero-order chi connectivity index (χ0) is 12.3. The SMILES string of the molecule is N#Cc1ccc(F)c(CS(=O)CC2CNC2)c1. The fourth-order valence-electron chi connectivity index (χ4n) is 1.72. The molecule has 1 heterocycles. The van der Waals surface area contributed by atoms with Gasteiger partial charge in [0, 0.05) is 35.2 Å². The maximum Gasteiger partial charge on any atom is 0.127 e. The van der Waals surface area contributed by atoms with Crippen LogP contribution in [-0.4, -0.2) is 23.1 Å². The third-order valence-electron chi connectivity index (χ3n) is 2.78. The summed E-state index contributed by atoms with van der Waals surface area (Å²) in [7, 11) is -1.06. The molecule has 2 rings (SSSR count). The minimum Gasteiger partial charge on any atom is -0.316 e. The Morgan fingerprint density at radius 1 is 1.53 bits per heavy atom. The van der Waals surface area contributed by atoms with Gasteiger partial charge in [-0.1, -0.05) is 0 Å². The van der Waals surface area contributed by atoms with Crippen molar-refractivity contribution in [3.05, 3.63) is 35.1 Å². The maximum absolute atomic E-state index is 13.4. The van der Waals surface area contributed by atoms with Crippen molar-refractivity contribution in [2.45, 2.75) is 5.75 Å². The van der Waals surface area contributed by atoms with Crippen molar-refractivity contribution >= 4 is 10.8 Å². The van der Waals surface area contributed by atoms with Crippen molar-refractivity contribution in [1.82, 2.24) is 5.32 Å². The average molecular weight is 252 g/mol. The second-order valence-electron chi connectivity index (χ2n) is 4.19. The van der Waals surface area contributed by atoms with Gasteiger partial charge < -0.3 is 5.32 Å². The summed E-state index contributed by atoms with van der Waals surface area (Å²) in [6.07, 6.45) is 0. The lowest BCUT2D eigenvalue weighted by Gasteiger charge is -2.26. The van der Waals surface area contributed by atoms with Gasteiger partial charge in [0.15, 0.2) is 0 Å². The van der Waals surface area contributed by atoms with Gasteiger partial charge in [0.2, 0.25) is 0 Å². The van der Waals surface area contributed by atoms with E-state index in [1.165, 1.54) is 18.2 Å². The predicted molar refractivity (Wildman–Crippen MR) is 64.2 cm³/mol. The van der Waals surface area contributed by atoms with Crippen LogP contribution >= 0.6 is 0 Å². The van der Waals surface area contributed by atoms with Crippen LogP contribution in [0.2, 0.25) is 0 Å². The summed E-state index contributed by atoms with van der Waals surface area (Å²) in [6.45, 7) is 1.79. The molecule has 1 N–H and O–H groups in total. The number of nitrogens with one attached hydrogen (secondary N) is 1. The molecule has 0 saturated carbocycles. The molecule has 3 nitrogen and oxygen atoms in total. The zero-order valence-corrected chi connectivity index (χ0v) is 10.1. The Balaban J connectivity index is 2.01. The zero-order valence-electron chi connectivity index (χ0n) is 9.28. The van der Waals surface area contributed by atoms with Crippen LogP contribution in [0, 0.1) is 23.1 Å². The Morgan fingerprint density at radius 3 is 2.88 bits per heavy atom. The molecule has 1 atom stereocenters. The lowest BCUT2D eigenvalue weighted by molar-refractivity contribution is 0.382. The van der Waals surface area contributed by atoms with Crippen LogP contribution in [0.3, 0.4) is 0 Å². The minimum atomic E-state index is -1.06. The van der Waals surface area contributed by atoms with Crippen LogP contribution < -0.4 is 5.32 Å². The summed E-state index contributed by atoms with van der Waals surface area (Å²) in [5.74, 6) is 0.850. The van der Waals surface area contributed by atoms with E-state index in [4.69, 9.17) is 5.26 Å². The van der Waals surface area contributed by atoms with Crippen molar-refractivity contribution in [3.63, 3.8) is 0 Å². The highest BCUT2D eigenvalue weighted by Crippen LogP contribution is 2.14. The first-order valence-corrected chi connectivity index (χ1v) is 6.92. The van der Waals surface area contributed by atoms with Gasteiger partial charge in [-0.3, -0.25) is 4.21 Å². The highest BCUT2D eigenvalue weighted by atomic mass is 32.2. The Kier molecular flexibility index (Phi) is 3.87. The van der Waals surface area contributed by atoms with E-state index in [0.717, 1.165) is 13.1 Å². The Hall–Kier alpha value is -1.25. The van der Waals surface area contributed by atoms with E-state index in [1.54, 1.807) is 0 Å². The number of nitrogens with zero attached hydrogens (tertiary/aromatic N) is 1. The number of halogens is 1. The largest absolute Gasteiger partial charge is 0.316 e. The topological polar surface area (TPSA) is 52.9 Å². The Bertz CT molecular complexity index is 480. The second-order valence-corrected chi connectivity index (χ2v) is 5.69. The van der Waals surface area contributed by atoms with E-state index >= 15 is 0 Å². The molecule has 0 aliphatic carbocycles. The molecule has 0 radical (unpaired) electrons. The summed E-state index contributed by atoms with van der Waals surface area (Å²) >= 11 is 0.